The smallest absolute Gasteiger partial charge is 0.149 e. The van der Waals surface area contributed by atoms with Crippen molar-refractivity contribution in [2.45, 2.75) is 20.4 Å². The van der Waals surface area contributed by atoms with Gasteiger partial charge in [-0.05, 0) is 5.56 Å². The fraction of sp³-hybridized carbons (Fsp3) is 0.562. The summed E-state index contributed by atoms with van der Waals surface area (Å²) in [4.78, 5) is 16.5. The molecule has 0 saturated carbocycles. The second-order valence-corrected chi connectivity index (χ2v) is 5.66. The topological polar surface area (TPSA) is 23.6 Å². The third kappa shape index (κ3) is 4.44. The predicted molar refractivity (Wildman–Crippen MR) is 78.0 cm³/mol. The zero-order valence-corrected chi connectivity index (χ0v) is 12.0. The highest BCUT2D eigenvalue weighted by molar-refractivity contribution is 5.82. The van der Waals surface area contributed by atoms with Crippen LogP contribution in [0.3, 0.4) is 0 Å². The molecule has 1 aliphatic heterocycles. The lowest BCUT2D eigenvalue weighted by atomic mass is 10.1. The summed E-state index contributed by atoms with van der Waals surface area (Å²) < 4.78 is 0. The SMILES string of the molecule is CC(C)C(=O)CN1CCN(Cc2ccccc2)CC1. The maximum atomic E-state index is 11.7. The quantitative estimate of drug-likeness (QED) is 0.809. The third-order valence-electron chi connectivity index (χ3n) is 3.74. The Bertz CT molecular complexity index is 394. The summed E-state index contributed by atoms with van der Waals surface area (Å²) in [6.07, 6.45) is 0. The molecule has 1 aromatic rings. The molecule has 0 N–H and O–H groups in total. The van der Waals surface area contributed by atoms with Gasteiger partial charge in [0.2, 0.25) is 0 Å². The van der Waals surface area contributed by atoms with Gasteiger partial charge in [0.25, 0.3) is 0 Å². The van der Waals surface area contributed by atoms with Crippen molar-refractivity contribution in [3.63, 3.8) is 0 Å². The molecule has 1 aliphatic rings. The van der Waals surface area contributed by atoms with Crippen LogP contribution in [0.15, 0.2) is 30.3 Å². The Morgan fingerprint density at radius 1 is 1.05 bits per heavy atom. The molecule has 1 heterocycles. The van der Waals surface area contributed by atoms with Crippen LogP contribution in [0.4, 0.5) is 0 Å². The Morgan fingerprint density at radius 3 is 2.21 bits per heavy atom. The lowest BCUT2D eigenvalue weighted by Gasteiger charge is -2.34. The number of carbonyl (C=O) groups excluding carboxylic acids is 1. The van der Waals surface area contributed by atoms with Gasteiger partial charge in [-0.2, -0.15) is 0 Å². The van der Waals surface area contributed by atoms with Crippen LogP contribution in [0.25, 0.3) is 0 Å². The molecule has 1 aromatic carbocycles. The highest BCUT2D eigenvalue weighted by Gasteiger charge is 2.19. The van der Waals surface area contributed by atoms with Crippen LogP contribution >= 0.6 is 0 Å². The fourth-order valence-electron chi connectivity index (χ4n) is 2.35. The summed E-state index contributed by atoms with van der Waals surface area (Å²) in [5.41, 5.74) is 1.37. The molecule has 2 rings (SSSR count). The lowest BCUT2D eigenvalue weighted by Crippen LogP contribution is -2.47. The van der Waals surface area contributed by atoms with E-state index in [1.165, 1.54) is 5.56 Å². The maximum absolute atomic E-state index is 11.7. The Morgan fingerprint density at radius 2 is 1.63 bits per heavy atom. The van der Waals surface area contributed by atoms with E-state index in [0.29, 0.717) is 12.3 Å². The molecule has 1 fully saturated rings. The second-order valence-electron chi connectivity index (χ2n) is 5.66. The van der Waals surface area contributed by atoms with E-state index in [4.69, 9.17) is 0 Å². The number of Topliss-reactive ketones (excluding diaryl/α,β-unsaturated/α-hetero) is 1. The molecular formula is C16H24N2O. The molecule has 19 heavy (non-hydrogen) atoms. The third-order valence-corrected chi connectivity index (χ3v) is 3.74. The van der Waals surface area contributed by atoms with Crippen LogP contribution in [0.2, 0.25) is 0 Å². The minimum absolute atomic E-state index is 0.155. The van der Waals surface area contributed by atoms with Gasteiger partial charge in [0.05, 0.1) is 6.54 Å². The summed E-state index contributed by atoms with van der Waals surface area (Å²) >= 11 is 0. The number of hydrogen-bond acceptors (Lipinski definition) is 3. The van der Waals surface area contributed by atoms with Gasteiger partial charge in [0, 0.05) is 38.6 Å². The molecule has 0 aliphatic carbocycles. The van der Waals surface area contributed by atoms with Crippen LogP contribution in [-0.4, -0.2) is 48.3 Å². The van der Waals surface area contributed by atoms with E-state index in [1.807, 2.05) is 13.8 Å². The van der Waals surface area contributed by atoms with Crippen molar-refractivity contribution < 1.29 is 4.79 Å². The lowest BCUT2D eigenvalue weighted by molar-refractivity contribution is -0.123. The van der Waals surface area contributed by atoms with Gasteiger partial charge in [-0.25, -0.2) is 0 Å². The molecule has 104 valence electrons. The molecule has 0 radical (unpaired) electrons. The van der Waals surface area contributed by atoms with Gasteiger partial charge < -0.3 is 0 Å². The molecule has 0 bridgehead atoms. The Labute approximate surface area is 116 Å². The normalized spacial score (nSPS) is 17.8. The van der Waals surface area contributed by atoms with Crippen LogP contribution in [0.5, 0.6) is 0 Å². The minimum Gasteiger partial charge on any atom is -0.298 e. The van der Waals surface area contributed by atoms with Gasteiger partial charge >= 0.3 is 0 Å². The van der Waals surface area contributed by atoms with Crippen LogP contribution in [0, 0.1) is 5.92 Å². The van der Waals surface area contributed by atoms with Gasteiger partial charge in [-0.1, -0.05) is 44.2 Å². The standard InChI is InChI=1S/C16H24N2O/c1-14(2)16(19)13-18-10-8-17(9-11-18)12-15-6-4-3-5-7-15/h3-7,14H,8-13H2,1-2H3. The summed E-state index contributed by atoms with van der Waals surface area (Å²) in [6.45, 7) is 9.72. The fourth-order valence-corrected chi connectivity index (χ4v) is 2.35. The molecule has 0 aromatic heterocycles. The second kappa shape index (κ2) is 6.83. The average Bonchev–Trinajstić information content (AvgIpc) is 2.42. The highest BCUT2D eigenvalue weighted by Crippen LogP contribution is 2.09. The van der Waals surface area contributed by atoms with Gasteiger partial charge in [-0.15, -0.1) is 0 Å². The maximum Gasteiger partial charge on any atom is 0.149 e. The van der Waals surface area contributed by atoms with Gasteiger partial charge in [0.1, 0.15) is 5.78 Å². The first kappa shape index (κ1) is 14.2. The summed E-state index contributed by atoms with van der Waals surface area (Å²) in [5.74, 6) is 0.513. The number of ketones is 1. The zero-order chi connectivity index (χ0) is 13.7. The molecule has 3 heteroatoms. The number of nitrogens with zero attached hydrogens (tertiary/aromatic N) is 2. The Hall–Kier alpha value is -1.19. The molecule has 0 atom stereocenters. The summed E-state index contributed by atoms with van der Waals surface area (Å²) in [7, 11) is 0. The summed E-state index contributed by atoms with van der Waals surface area (Å²) in [5, 5.41) is 0. The monoisotopic (exact) mass is 260 g/mol. The van der Waals surface area contributed by atoms with E-state index in [2.05, 4.69) is 40.1 Å². The van der Waals surface area contributed by atoms with Crippen molar-refractivity contribution in [3.8, 4) is 0 Å². The Balaban J connectivity index is 1.75. The molecule has 0 spiro atoms. The van der Waals surface area contributed by atoms with Gasteiger partial charge in [-0.3, -0.25) is 14.6 Å². The molecule has 0 amide bonds. The first-order chi connectivity index (χ1) is 9.15. The van der Waals surface area contributed by atoms with E-state index >= 15 is 0 Å². The number of benzene rings is 1. The largest absolute Gasteiger partial charge is 0.298 e. The van der Waals surface area contributed by atoms with E-state index in [9.17, 15) is 4.79 Å². The minimum atomic E-state index is 0.155. The van der Waals surface area contributed by atoms with Crippen molar-refractivity contribution in [2.24, 2.45) is 5.92 Å². The molecule has 3 nitrogen and oxygen atoms in total. The van der Waals surface area contributed by atoms with Crippen molar-refractivity contribution >= 4 is 5.78 Å². The first-order valence-corrected chi connectivity index (χ1v) is 7.16. The number of piperazine rings is 1. The van der Waals surface area contributed by atoms with Gasteiger partial charge in [0.15, 0.2) is 0 Å². The van der Waals surface area contributed by atoms with E-state index in [1.54, 1.807) is 0 Å². The first-order valence-electron chi connectivity index (χ1n) is 7.16. The van der Waals surface area contributed by atoms with Crippen LogP contribution in [0.1, 0.15) is 19.4 Å². The number of rotatable bonds is 5. The van der Waals surface area contributed by atoms with Crippen molar-refractivity contribution in [1.29, 1.82) is 0 Å². The van der Waals surface area contributed by atoms with Crippen molar-refractivity contribution in [3.05, 3.63) is 35.9 Å². The van der Waals surface area contributed by atoms with Crippen molar-refractivity contribution in [2.75, 3.05) is 32.7 Å². The van der Waals surface area contributed by atoms with E-state index in [0.717, 1.165) is 32.7 Å². The van der Waals surface area contributed by atoms with Crippen LogP contribution < -0.4 is 0 Å². The number of hydrogen-bond donors (Lipinski definition) is 0. The predicted octanol–water partition coefficient (Wildman–Crippen LogP) is 2.03. The number of carbonyl (C=O) groups is 1. The highest BCUT2D eigenvalue weighted by atomic mass is 16.1. The van der Waals surface area contributed by atoms with Crippen molar-refractivity contribution in [1.82, 2.24) is 9.80 Å². The average molecular weight is 260 g/mol. The molecular weight excluding hydrogens is 236 g/mol. The van der Waals surface area contributed by atoms with Crippen LogP contribution in [-0.2, 0) is 11.3 Å². The molecule has 0 unspecified atom stereocenters. The summed E-state index contributed by atoms with van der Waals surface area (Å²) in [6, 6.07) is 10.6. The van der Waals surface area contributed by atoms with E-state index in [-0.39, 0.29) is 5.92 Å². The van der Waals surface area contributed by atoms with E-state index < -0.39 is 0 Å². The zero-order valence-electron chi connectivity index (χ0n) is 12.0. The Kier molecular flexibility index (Phi) is 5.11. The molecule has 1 saturated heterocycles.